The van der Waals surface area contributed by atoms with Crippen LogP contribution in [0, 0.1) is 0 Å². The van der Waals surface area contributed by atoms with Crippen molar-refractivity contribution in [3.05, 3.63) is 24.7 Å². The van der Waals surface area contributed by atoms with Crippen molar-refractivity contribution in [2.45, 2.75) is 32.2 Å². The smallest absolute Gasteiger partial charge is 0.240 e. The molecule has 3 heterocycles. The van der Waals surface area contributed by atoms with Crippen molar-refractivity contribution in [3.8, 4) is 11.4 Å². The van der Waals surface area contributed by atoms with Crippen LogP contribution in [0.25, 0.3) is 11.4 Å². The molecule has 0 atom stereocenters. The predicted molar refractivity (Wildman–Crippen MR) is 93.1 cm³/mol. The first-order chi connectivity index (χ1) is 11.5. The Kier molecular flexibility index (Phi) is 4.62. The molecule has 2 aromatic rings. The summed E-state index contributed by atoms with van der Waals surface area (Å²) in [5.41, 5.74) is 0.766. The normalized spacial score (nSPS) is 16.2. The molecule has 0 saturated carbocycles. The summed E-state index contributed by atoms with van der Waals surface area (Å²) in [5, 5.41) is 2.60. The molecule has 1 aliphatic rings. The number of alkyl halides is 1. The van der Waals surface area contributed by atoms with Gasteiger partial charge in [-0.25, -0.2) is 19.9 Å². The van der Waals surface area contributed by atoms with Crippen LogP contribution in [0.15, 0.2) is 24.7 Å². The molecule has 1 amide bonds. The number of nitrogens with zero attached hydrogens (tertiary/aromatic N) is 5. The summed E-state index contributed by atoms with van der Waals surface area (Å²) in [6.07, 6.45) is 7.26. The Balaban J connectivity index is 1.81. The van der Waals surface area contributed by atoms with E-state index in [0.29, 0.717) is 23.2 Å². The van der Waals surface area contributed by atoms with Crippen LogP contribution in [0.2, 0.25) is 0 Å². The van der Waals surface area contributed by atoms with Crippen molar-refractivity contribution in [1.82, 2.24) is 19.9 Å². The topological polar surface area (TPSA) is 83.9 Å². The van der Waals surface area contributed by atoms with E-state index in [9.17, 15) is 4.79 Å². The average molecular weight is 347 g/mol. The minimum Gasteiger partial charge on any atom is -0.336 e. The van der Waals surface area contributed by atoms with Crippen LogP contribution in [-0.4, -0.2) is 43.8 Å². The van der Waals surface area contributed by atoms with Gasteiger partial charge >= 0.3 is 0 Å². The van der Waals surface area contributed by atoms with E-state index >= 15 is 0 Å². The van der Waals surface area contributed by atoms with Crippen molar-refractivity contribution < 1.29 is 4.79 Å². The van der Waals surface area contributed by atoms with Crippen molar-refractivity contribution in [2.24, 2.45) is 0 Å². The van der Waals surface area contributed by atoms with E-state index in [1.165, 1.54) is 0 Å². The molecule has 2 aromatic heterocycles. The minimum absolute atomic E-state index is 0.0732. The van der Waals surface area contributed by atoms with Gasteiger partial charge in [0.1, 0.15) is 11.7 Å². The number of rotatable bonds is 4. The number of hydrogen-bond acceptors (Lipinski definition) is 6. The van der Waals surface area contributed by atoms with Gasteiger partial charge in [-0.1, -0.05) is 0 Å². The Morgan fingerprint density at radius 2 is 2.08 bits per heavy atom. The van der Waals surface area contributed by atoms with Crippen LogP contribution in [-0.2, 0) is 4.79 Å². The predicted octanol–water partition coefficient (Wildman–Crippen LogP) is 2.49. The van der Waals surface area contributed by atoms with Gasteiger partial charge in [0.25, 0.3) is 0 Å². The lowest BCUT2D eigenvalue weighted by atomic mass is 10.0. The average Bonchev–Trinajstić information content (AvgIpc) is 2.94. The van der Waals surface area contributed by atoms with Crippen LogP contribution in [0.1, 0.15) is 26.7 Å². The maximum absolute atomic E-state index is 11.3. The van der Waals surface area contributed by atoms with Gasteiger partial charge < -0.3 is 10.2 Å². The maximum atomic E-state index is 11.3. The first-order valence-electron chi connectivity index (χ1n) is 7.78. The van der Waals surface area contributed by atoms with Crippen molar-refractivity contribution >= 4 is 29.3 Å². The third kappa shape index (κ3) is 3.46. The van der Waals surface area contributed by atoms with Crippen molar-refractivity contribution in [3.63, 3.8) is 0 Å². The first kappa shape index (κ1) is 16.6. The van der Waals surface area contributed by atoms with E-state index in [2.05, 4.69) is 44.0 Å². The fourth-order valence-corrected chi connectivity index (χ4v) is 2.86. The number of aromatic nitrogens is 4. The summed E-state index contributed by atoms with van der Waals surface area (Å²) in [5.74, 6) is 1.13. The van der Waals surface area contributed by atoms with Gasteiger partial charge in [-0.05, 0) is 32.8 Å². The first-order valence-corrected chi connectivity index (χ1v) is 8.32. The monoisotopic (exact) mass is 346 g/mol. The number of halogens is 1. The Hall–Kier alpha value is -2.28. The molecule has 0 aliphatic carbocycles. The van der Waals surface area contributed by atoms with Gasteiger partial charge in [-0.3, -0.25) is 4.79 Å². The van der Waals surface area contributed by atoms with E-state index in [-0.39, 0.29) is 17.3 Å². The molecule has 0 bridgehead atoms. The molecule has 8 heteroatoms. The zero-order valence-corrected chi connectivity index (χ0v) is 14.4. The second-order valence-electron chi connectivity index (χ2n) is 6.29. The minimum atomic E-state index is -0.316. The lowest BCUT2D eigenvalue weighted by molar-refractivity contribution is -0.113. The van der Waals surface area contributed by atoms with Crippen LogP contribution >= 0.6 is 11.6 Å². The third-order valence-corrected chi connectivity index (χ3v) is 4.33. The number of amides is 1. The highest BCUT2D eigenvalue weighted by molar-refractivity contribution is 6.29. The van der Waals surface area contributed by atoms with Gasteiger partial charge in [0, 0.05) is 30.7 Å². The molecule has 0 spiro atoms. The van der Waals surface area contributed by atoms with E-state index in [4.69, 9.17) is 11.6 Å². The lowest BCUT2D eigenvalue weighted by Gasteiger charge is -2.31. The fraction of sp³-hybridized carbons (Fsp3) is 0.438. The zero-order valence-electron chi connectivity index (χ0n) is 13.7. The Morgan fingerprint density at radius 3 is 2.71 bits per heavy atom. The van der Waals surface area contributed by atoms with Crippen LogP contribution in [0.5, 0.6) is 0 Å². The molecule has 0 unspecified atom stereocenters. The molecule has 1 saturated heterocycles. The van der Waals surface area contributed by atoms with E-state index in [0.717, 1.165) is 19.4 Å². The summed E-state index contributed by atoms with van der Waals surface area (Å²) in [6, 6.07) is 1.61. The number of hydrogen-bond donors (Lipinski definition) is 1. The molecule has 24 heavy (non-hydrogen) atoms. The highest BCUT2D eigenvalue weighted by atomic mass is 35.5. The molecule has 1 N–H and O–H groups in total. The fourth-order valence-electron chi connectivity index (χ4n) is 2.80. The third-order valence-electron chi connectivity index (χ3n) is 4.08. The molecule has 3 rings (SSSR count). The maximum Gasteiger partial charge on any atom is 0.240 e. The molecular weight excluding hydrogens is 328 g/mol. The Morgan fingerprint density at radius 1 is 1.33 bits per heavy atom. The largest absolute Gasteiger partial charge is 0.336 e. The standard InChI is InChI=1S/C16H19ClN6O/c1-16(2)5-3-7-23(16)15-19-9-11(10-20-15)14-18-6-4-12(22-14)21-13(24)8-17/h4,6,9-10H,3,5,7-8H2,1-2H3,(H,18,21,22,24). The molecule has 1 aliphatic heterocycles. The van der Waals surface area contributed by atoms with Gasteiger partial charge in [-0.15, -0.1) is 11.6 Å². The summed E-state index contributed by atoms with van der Waals surface area (Å²) < 4.78 is 0. The number of carbonyl (C=O) groups is 1. The number of anilines is 2. The highest BCUT2D eigenvalue weighted by Crippen LogP contribution is 2.31. The number of nitrogens with one attached hydrogen (secondary N) is 1. The van der Waals surface area contributed by atoms with Crippen molar-refractivity contribution in [2.75, 3.05) is 22.6 Å². The van der Waals surface area contributed by atoms with Crippen LogP contribution in [0.3, 0.4) is 0 Å². The van der Waals surface area contributed by atoms with Crippen LogP contribution < -0.4 is 10.2 Å². The second-order valence-corrected chi connectivity index (χ2v) is 6.55. The second kappa shape index (κ2) is 6.68. The van der Waals surface area contributed by atoms with E-state index in [1.807, 2.05) is 0 Å². The van der Waals surface area contributed by atoms with E-state index < -0.39 is 0 Å². The molecule has 0 aromatic carbocycles. The summed E-state index contributed by atoms with van der Waals surface area (Å²) in [4.78, 5) is 31.0. The quantitative estimate of drug-likeness (QED) is 0.856. The highest BCUT2D eigenvalue weighted by Gasteiger charge is 2.33. The lowest BCUT2D eigenvalue weighted by Crippen LogP contribution is -2.39. The Bertz CT molecular complexity index is 734. The Labute approximate surface area is 145 Å². The summed E-state index contributed by atoms with van der Waals surface area (Å²) in [7, 11) is 0. The number of carbonyl (C=O) groups excluding carboxylic acids is 1. The van der Waals surface area contributed by atoms with Gasteiger partial charge in [-0.2, -0.15) is 0 Å². The zero-order chi connectivity index (χ0) is 17.2. The van der Waals surface area contributed by atoms with Gasteiger partial charge in [0.05, 0.1) is 5.56 Å². The molecule has 1 fully saturated rings. The summed E-state index contributed by atoms with van der Waals surface area (Å²) in [6.45, 7) is 5.36. The molecular formula is C16H19ClN6O. The van der Waals surface area contributed by atoms with Crippen molar-refractivity contribution in [1.29, 1.82) is 0 Å². The van der Waals surface area contributed by atoms with Crippen LogP contribution in [0.4, 0.5) is 11.8 Å². The molecule has 0 radical (unpaired) electrons. The van der Waals surface area contributed by atoms with Gasteiger partial charge in [0.2, 0.25) is 11.9 Å². The molecule has 126 valence electrons. The van der Waals surface area contributed by atoms with E-state index in [1.54, 1.807) is 24.7 Å². The molecule has 7 nitrogen and oxygen atoms in total. The van der Waals surface area contributed by atoms with Gasteiger partial charge in [0.15, 0.2) is 5.82 Å². The SMILES string of the molecule is CC1(C)CCCN1c1ncc(-c2nccc(NC(=O)CCl)n2)cn1. The summed E-state index contributed by atoms with van der Waals surface area (Å²) >= 11 is 5.48.